The van der Waals surface area contributed by atoms with Gasteiger partial charge in [0.2, 0.25) is 0 Å². The van der Waals surface area contributed by atoms with Gasteiger partial charge >= 0.3 is 0 Å². The van der Waals surface area contributed by atoms with Crippen molar-refractivity contribution in [2.75, 3.05) is 26.2 Å². The van der Waals surface area contributed by atoms with Crippen molar-refractivity contribution < 1.29 is 4.74 Å². The third kappa shape index (κ3) is 3.99. The second-order valence-corrected chi connectivity index (χ2v) is 6.07. The maximum Gasteiger partial charge on any atom is 0.158 e. The average Bonchev–Trinajstić information content (AvgIpc) is 2.46. The van der Waals surface area contributed by atoms with E-state index in [1.54, 1.807) is 0 Å². The molecule has 2 rings (SSSR count). The zero-order valence-corrected chi connectivity index (χ0v) is 13.7. The number of aromatic nitrogens is 2. The Kier molecular flexibility index (Phi) is 5.67. The molecule has 0 aromatic carbocycles. The van der Waals surface area contributed by atoms with E-state index in [2.05, 4.69) is 32.6 Å². The molecule has 0 amide bonds. The number of nitrogens with two attached hydrogens (primary N) is 1. The molecule has 1 fully saturated rings. The fourth-order valence-corrected chi connectivity index (χ4v) is 2.84. The standard InChI is InChI=1S/C16H28N4O/c1-11(2)20-8-9-21-15(10-20)16-18-12(3)14(6-5-7-17)13(4)19-16/h11,15H,5-10,17H2,1-4H3. The first-order chi connectivity index (χ1) is 10.0. The number of morpholine rings is 1. The third-order valence-corrected chi connectivity index (χ3v) is 4.19. The van der Waals surface area contributed by atoms with Crippen molar-refractivity contribution in [2.45, 2.75) is 52.7 Å². The largest absolute Gasteiger partial charge is 0.368 e. The van der Waals surface area contributed by atoms with Crippen LogP contribution in [0.4, 0.5) is 0 Å². The van der Waals surface area contributed by atoms with Crippen LogP contribution in [0.1, 0.15) is 49.1 Å². The summed E-state index contributed by atoms with van der Waals surface area (Å²) >= 11 is 0. The summed E-state index contributed by atoms with van der Waals surface area (Å²) in [5, 5.41) is 0. The predicted molar refractivity (Wildman–Crippen MR) is 84.3 cm³/mol. The van der Waals surface area contributed by atoms with Gasteiger partial charge in [-0.2, -0.15) is 0 Å². The Labute approximate surface area is 127 Å². The van der Waals surface area contributed by atoms with E-state index in [1.807, 2.05) is 0 Å². The zero-order valence-electron chi connectivity index (χ0n) is 13.7. The molecule has 1 aromatic heterocycles. The highest BCUT2D eigenvalue weighted by Crippen LogP contribution is 2.23. The number of nitrogens with zero attached hydrogens (tertiary/aromatic N) is 3. The molecular formula is C16H28N4O. The first kappa shape index (κ1) is 16.3. The van der Waals surface area contributed by atoms with Crippen LogP contribution in [-0.4, -0.2) is 47.2 Å². The van der Waals surface area contributed by atoms with Gasteiger partial charge in [-0.15, -0.1) is 0 Å². The van der Waals surface area contributed by atoms with Crippen molar-refractivity contribution in [1.82, 2.24) is 14.9 Å². The predicted octanol–water partition coefficient (Wildman–Crippen LogP) is 1.77. The third-order valence-electron chi connectivity index (χ3n) is 4.19. The maximum absolute atomic E-state index is 5.89. The molecular weight excluding hydrogens is 264 g/mol. The van der Waals surface area contributed by atoms with Crippen LogP contribution in [-0.2, 0) is 11.2 Å². The van der Waals surface area contributed by atoms with E-state index in [9.17, 15) is 0 Å². The Morgan fingerprint density at radius 1 is 1.29 bits per heavy atom. The summed E-state index contributed by atoms with van der Waals surface area (Å²) in [7, 11) is 0. The summed E-state index contributed by atoms with van der Waals surface area (Å²) in [5.74, 6) is 0.826. The van der Waals surface area contributed by atoms with E-state index >= 15 is 0 Å². The van der Waals surface area contributed by atoms with Crippen LogP contribution in [0.3, 0.4) is 0 Å². The molecule has 118 valence electrons. The molecule has 5 heteroatoms. The monoisotopic (exact) mass is 292 g/mol. The molecule has 0 spiro atoms. The molecule has 1 saturated heterocycles. The van der Waals surface area contributed by atoms with Crippen molar-refractivity contribution in [2.24, 2.45) is 5.73 Å². The number of aryl methyl sites for hydroxylation is 2. The molecule has 0 saturated carbocycles. The van der Waals surface area contributed by atoms with E-state index in [-0.39, 0.29) is 6.10 Å². The zero-order chi connectivity index (χ0) is 15.4. The Morgan fingerprint density at radius 2 is 1.95 bits per heavy atom. The van der Waals surface area contributed by atoms with Gasteiger partial charge < -0.3 is 10.5 Å². The maximum atomic E-state index is 5.89. The minimum Gasteiger partial charge on any atom is -0.368 e. The van der Waals surface area contributed by atoms with E-state index in [4.69, 9.17) is 20.4 Å². The van der Waals surface area contributed by atoms with Gasteiger partial charge in [-0.25, -0.2) is 9.97 Å². The van der Waals surface area contributed by atoms with Crippen molar-refractivity contribution >= 4 is 0 Å². The van der Waals surface area contributed by atoms with E-state index in [1.165, 1.54) is 5.56 Å². The summed E-state index contributed by atoms with van der Waals surface area (Å²) in [6.07, 6.45) is 1.92. The van der Waals surface area contributed by atoms with Gasteiger partial charge in [-0.3, -0.25) is 4.90 Å². The van der Waals surface area contributed by atoms with E-state index < -0.39 is 0 Å². The second-order valence-electron chi connectivity index (χ2n) is 6.07. The molecule has 21 heavy (non-hydrogen) atoms. The highest BCUT2D eigenvalue weighted by Gasteiger charge is 2.26. The van der Waals surface area contributed by atoms with Gasteiger partial charge in [0.25, 0.3) is 0 Å². The van der Waals surface area contributed by atoms with Crippen molar-refractivity contribution in [1.29, 1.82) is 0 Å². The number of hydrogen-bond donors (Lipinski definition) is 1. The van der Waals surface area contributed by atoms with Crippen LogP contribution in [0.2, 0.25) is 0 Å². The molecule has 1 aromatic rings. The van der Waals surface area contributed by atoms with Crippen molar-refractivity contribution in [3.63, 3.8) is 0 Å². The lowest BCUT2D eigenvalue weighted by Gasteiger charge is -2.35. The molecule has 0 bridgehead atoms. The Bertz CT molecular complexity index is 452. The Morgan fingerprint density at radius 3 is 2.52 bits per heavy atom. The summed E-state index contributed by atoms with van der Waals surface area (Å²) in [4.78, 5) is 11.8. The number of rotatable bonds is 5. The quantitative estimate of drug-likeness (QED) is 0.896. The minimum absolute atomic E-state index is 0.0119. The lowest BCUT2D eigenvalue weighted by atomic mass is 10.1. The fraction of sp³-hybridized carbons (Fsp3) is 0.750. The first-order valence-corrected chi connectivity index (χ1v) is 7.92. The molecule has 0 radical (unpaired) electrons. The minimum atomic E-state index is -0.0119. The highest BCUT2D eigenvalue weighted by atomic mass is 16.5. The lowest BCUT2D eigenvalue weighted by Crippen LogP contribution is -2.42. The molecule has 2 heterocycles. The molecule has 1 aliphatic rings. The molecule has 1 atom stereocenters. The van der Waals surface area contributed by atoms with Gasteiger partial charge in [0, 0.05) is 30.5 Å². The van der Waals surface area contributed by atoms with Crippen molar-refractivity contribution in [3.8, 4) is 0 Å². The van der Waals surface area contributed by atoms with E-state index in [0.29, 0.717) is 12.6 Å². The Hall–Kier alpha value is -1.04. The summed E-state index contributed by atoms with van der Waals surface area (Å²) in [6, 6.07) is 0.530. The van der Waals surface area contributed by atoms with Crippen LogP contribution >= 0.6 is 0 Å². The van der Waals surface area contributed by atoms with Gasteiger partial charge in [0.1, 0.15) is 6.10 Å². The van der Waals surface area contributed by atoms with Crippen LogP contribution in [0.15, 0.2) is 0 Å². The smallest absolute Gasteiger partial charge is 0.158 e. The van der Waals surface area contributed by atoms with Gasteiger partial charge in [0.05, 0.1) is 6.61 Å². The first-order valence-electron chi connectivity index (χ1n) is 7.92. The summed E-state index contributed by atoms with van der Waals surface area (Å²) < 4.78 is 5.89. The normalized spacial score (nSPS) is 20.2. The van der Waals surface area contributed by atoms with Crippen LogP contribution in [0.5, 0.6) is 0 Å². The van der Waals surface area contributed by atoms with Crippen LogP contribution < -0.4 is 5.73 Å². The molecule has 1 unspecified atom stereocenters. The molecule has 5 nitrogen and oxygen atoms in total. The number of ether oxygens (including phenoxy) is 1. The summed E-state index contributed by atoms with van der Waals surface area (Å²) in [5.41, 5.74) is 8.97. The SMILES string of the molecule is Cc1nc(C2CN(C(C)C)CCO2)nc(C)c1CCCN. The highest BCUT2D eigenvalue weighted by molar-refractivity contribution is 5.25. The van der Waals surface area contributed by atoms with Gasteiger partial charge in [-0.05, 0) is 52.6 Å². The molecule has 2 N–H and O–H groups in total. The lowest BCUT2D eigenvalue weighted by molar-refractivity contribution is -0.0444. The average molecular weight is 292 g/mol. The van der Waals surface area contributed by atoms with Crippen molar-refractivity contribution in [3.05, 3.63) is 22.8 Å². The van der Waals surface area contributed by atoms with Crippen LogP contribution in [0.25, 0.3) is 0 Å². The number of hydrogen-bond acceptors (Lipinski definition) is 5. The topological polar surface area (TPSA) is 64.3 Å². The molecule has 0 aliphatic carbocycles. The summed E-state index contributed by atoms with van der Waals surface area (Å²) in [6.45, 7) is 11.9. The second kappa shape index (κ2) is 7.29. The Balaban J connectivity index is 2.16. The van der Waals surface area contributed by atoms with Crippen LogP contribution in [0, 0.1) is 13.8 Å². The van der Waals surface area contributed by atoms with Gasteiger partial charge in [-0.1, -0.05) is 0 Å². The van der Waals surface area contributed by atoms with E-state index in [0.717, 1.165) is 49.8 Å². The van der Waals surface area contributed by atoms with Gasteiger partial charge in [0.15, 0.2) is 5.82 Å². The molecule has 1 aliphatic heterocycles. The fourth-order valence-electron chi connectivity index (χ4n) is 2.84.